The highest BCUT2D eigenvalue weighted by molar-refractivity contribution is 5.40. The molecule has 0 spiro atoms. The van der Waals surface area contributed by atoms with Crippen LogP contribution in [0.5, 0.6) is 0 Å². The van der Waals surface area contributed by atoms with Crippen molar-refractivity contribution in [2.45, 2.75) is 24.3 Å². The highest BCUT2D eigenvalue weighted by atomic mass is 19.3. The van der Waals surface area contributed by atoms with Crippen molar-refractivity contribution < 1.29 is 18.1 Å². The Bertz CT molecular complexity index is 482. The Balaban J connectivity index is 2.39. The van der Waals surface area contributed by atoms with Gasteiger partial charge in [0.15, 0.2) is 0 Å². The van der Waals surface area contributed by atoms with Gasteiger partial charge >= 0.3 is 0 Å². The molecule has 0 aliphatic heterocycles. The third kappa shape index (κ3) is 1.97. The van der Waals surface area contributed by atoms with Crippen LogP contribution in [0.15, 0.2) is 18.2 Å². The summed E-state index contributed by atoms with van der Waals surface area (Å²) < 4.78 is 39.0. The maximum Gasteiger partial charge on any atom is 0.269 e. The molecule has 0 atom stereocenters. The summed E-state index contributed by atoms with van der Waals surface area (Å²) in [5, 5.41) is 10.5. The van der Waals surface area contributed by atoms with E-state index in [0.717, 1.165) is 18.2 Å². The Morgan fingerprint density at radius 3 is 2.41 bits per heavy atom. The molecule has 17 heavy (non-hydrogen) atoms. The third-order valence-corrected chi connectivity index (χ3v) is 2.85. The molecule has 1 aliphatic carbocycles. The van der Waals surface area contributed by atoms with Crippen molar-refractivity contribution in [3.05, 3.63) is 39.7 Å². The number of nitrogens with two attached hydrogens (primary N) is 1. The molecule has 0 unspecified atom stereocenters. The predicted molar refractivity (Wildman–Crippen MR) is 53.1 cm³/mol. The van der Waals surface area contributed by atoms with Gasteiger partial charge in [0.1, 0.15) is 5.82 Å². The van der Waals surface area contributed by atoms with E-state index in [9.17, 15) is 23.3 Å². The summed E-state index contributed by atoms with van der Waals surface area (Å²) in [5.41, 5.74) is 3.53. The molecule has 1 aromatic carbocycles. The highest BCUT2D eigenvalue weighted by Crippen LogP contribution is 2.50. The summed E-state index contributed by atoms with van der Waals surface area (Å²) in [5.74, 6) is -3.72. The van der Waals surface area contributed by atoms with E-state index in [1.54, 1.807) is 0 Å². The van der Waals surface area contributed by atoms with Crippen LogP contribution in [-0.2, 0) is 5.54 Å². The Kier molecular flexibility index (Phi) is 2.39. The molecule has 1 saturated carbocycles. The summed E-state index contributed by atoms with van der Waals surface area (Å²) in [6, 6.07) is 2.77. The van der Waals surface area contributed by atoms with E-state index < -0.39 is 35.0 Å². The van der Waals surface area contributed by atoms with E-state index in [2.05, 4.69) is 0 Å². The zero-order valence-corrected chi connectivity index (χ0v) is 8.62. The van der Waals surface area contributed by atoms with Gasteiger partial charge in [-0.25, -0.2) is 13.2 Å². The van der Waals surface area contributed by atoms with Gasteiger partial charge < -0.3 is 5.73 Å². The number of alkyl halides is 2. The number of nitrogens with zero attached hydrogens (tertiary/aromatic N) is 1. The van der Waals surface area contributed by atoms with E-state index in [1.807, 2.05) is 0 Å². The Hall–Kier alpha value is -1.63. The molecule has 7 heteroatoms. The number of benzene rings is 1. The summed E-state index contributed by atoms with van der Waals surface area (Å²) >= 11 is 0. The molecule has 2 N–H and O–H groups in total. The van der Waals surface area contributed by atoms with Crippen LogP contribution in [0.3, 0.4) is 0 Å². The van der Waals surface area contributed by atoms with Gasteiger partial charge in [0.05, 0.1) is 10.5 Å². The van der Waals surface area contributed by atoms with E-state index in [4.69, 9.17) is 5.73 Å². The van der Waals surface area contributed by atoms with E-state index >= 15 is 0 Å². The summed E-state index contributed by atoms with van der Waals surface area (Å²) in [4.78, 5) is 9.80. The van der Waals surface area contributed by atoms with Gasteiger partial charge in [-0.15, -0.1) is 0 Å². The van der Waals surface area contributed by atoms with Crippen LogP contribution in [0.25, 0.3) is 0 Å². The van der Waals surface area contributed by atoms with E-state index in [1.165, 1.54) is 0 Å². The second-order valence-electron chi connectivity index (χ2n) is 4.29. The third-order valence-electron chi connectivity index (χ3n) is 2.85. The SMILES string of the molecule is NC1(c2cc([N+](=O)[O-])ccc2F)CC(F)(F)C1. The minimum absolute atomic E-state index is 0.224. The Labute approximate surface area is 94.4 Å². The maximum absolute atomic E-state index is 13.5. The molecule has 1 fully saturated rings. The Morgan fingerprint density at radius 2 is 1.94 bits per heavy atom. The zero-order valence-electron chi connectivity index (χ0n) is 8.62. The van der Waals surface area contributed by atoms with Gasteiger partial charge in [-0.05, 0) is 6.07 Å². The Morgan fingerprint density at radius 1 is 1.35 bits per heavy atom. The molecule has 4 nitrogen and oxygen atoms in total. The minimum atomic E-state index is -2.92. The topological polar surface area (TPSA) is 69.2 Å². The molecule has 92 valence electrons. The molecule has 1 aliphatic rings. The molecule has 0 amide bonds. The second-order valence-corrected chi connectivity index (χ2v) is 4.29. The molecule has 0 radical (unpaired) electrons. The maximum atomic E-state index is 13.5. The molecule has 0 bridgehead atoms. The number of nitro groups is 1. The van der Waals surface area contributed by atoms with Crippen LogP contribution < -0.4 is 5.73 Å². The summed E-state index contributed by atoms with van der Waals surface area (Å²) in [6.45, 7) is 0. The molecule has 1 aromatic rings. The van der Waals surface area contributed by atoms with Gasteiger partial charge in [-0.1, -0.05) is 0 Å². The minimum Gasteiger partial charge on any atom is -0.321 e. The van der Waals surface area contributed by atoms with Crippen molar-refractivity contribution in [1.82, 2.24) is 0 Å². The number of halogens is 3. The molecular weight excluding hydrogens is 237 g/mol. The molecule has 0 saturated heterocycles. The van der Waals surface area contributed by atoms with Gasteiger partial charge in [0.2, 0.25) is 0 Å². The van der Waals surface area contributed by atoms with Crippen LogP contribution in [0.1, 0.15) is 18.4 Å². The number of hydrogen-bond acceptors (Lipinski definition) is 3. The van der Waals surface area contributed by atoms with Crippen LogP contribution in [0.2, 0.25) is 0 Å². The second kappa shape index (κ2) is 3.43. The zero-order chi connectivity index (χ0) is 12.8. The first-order chi connectivity index (χ1) is 7.73. The standard InChI is InChI=1S/C10H9F3N2O2/c11-8-2-1-6(15(16)17)3-7(8)9(14)4-10(12,13)5-9/h1-3H,4-5,14H2. The van der Waals surface area contributed by atoms with Crippen molar-refractivity contribution in [2.75, 3.05) is 0 Å². The smallest absolute Gasteiger partial charge is 0.269 e. The van der Waals surface area contributed by atoms with Crippen LogP contribution in [0, 0.1) is 15.9 Å². The first kappa shape index (κ1) is 11.8. The average molecular weight is 246 g/mol. The molecule has 2 rings (SSSR count). The summed E-state index contributed by atoms with van der Waals surface area (Å²) in [6.07, 6.45) is -1.39. The van der Waals surface area contributed by atoms with Crippen molar-refractivity contribution >= 4 is 5.69 Å². The first-order valence-electron chi connectivity index (χ1n) is 4.85. The largest absolute Gasteiger partial charge is 0.321 e. The first-order valence-corrected chi connectivity index (χ1v) is 4.85. The number of non-ortho nitro benzene ring substituents is 1. The van der Waals surface area contributed by atoms with Crippen molar-refractivity contribution in [2.24, 2.45) is 5.73 Å². The summed E-state index contributed by atoms with van der Waals surface area (Å²) in [7, 11) is 0. The van der Waals surface area contributed by atoms with Gasteiger partial charge in [-0.2, -0.15) is 0 Å². The quantitative estimate of drug-likeness (QED) is 0.643. The molecule has 0 heterocycles. The van der Waals surface area contributed by atoms with E-state index in [0.29, 0.717) is 0 Å². The lowest BCUT2D eigenvalue weighted by atomic mass is 9.69. The van der Waals surface area contributed by atoms with Crippen molar-refractivity contribution in [1.29, 1.82) is 0 Å². The lowest BCUT2D eigenvalue weighted by Crippen LogP contribution is -2.55. The number of rotatable bonds is 2. The monoisotopic (exact) mass is 246 g/mol. The molecule has 0 aromatic heterocycles. The fourth-order valence-corrected chi connectivity index (χ4v) is 2.07. The average Bonchev–Trinajstić information content (AvgIpc) is 2.14. The van der Waals surface area contributed by atoms with Crippen molar-refractivity contribution in [3.63, 3.8) is 0 Å². The molecular formula is C10H9F3N2O2. The normalized spacial score (nSPS) is 20.7. The predicted octanol–water partition coefficient (Wildman–Crippen LogP) is 2.32. The van der Waals surface area contributed by atoms with Crippen LogP contribution in [0.4, 0.5) is 18.9 Å². The van der Waals surface area contributed by atoms with Gasteiger partial charge in [0, 0.05) is 30.5 Å². The van der Waals surface area contributed by atoms with Crippen LogP contribution >= 0.6 is 0 Å². The van der Waals surface area contributed by atoms with Gasteiger partial charge in [0.25, 0.3) is 11.6 Å². The number of nitro benzene ring substituents is 1. The lowest BCUT2D eigenvalue weighted by Gasteiger charge is -2.44. The fourth-order valence-electron chi connectivity index (χ4n) is 2.07. The fraction of sp³-hybridized carbons (Fsp3) is 0.400. The van der Waals surface area contributed by atoms with E-state index in [-0.39, 0.29) is 11.3 Å². The van der Waals surface area contributed by atoms with Gasteiger partial charge in [-0.3, -0.25) is 10.1 Å². The van der Waals surface area contributed by atoms with Crippen LogP contribution in [-0.4, -0.2) is 10.8 Å². The number of hydrogen-bond donors (Lipinski definition) is 1. The highest BCUT2D eigenvalue weighted by Gasteiger charge is 2.56. The van der Waals surface area contributed by atoms with Crippen molar-refractivity contribution in [3.8, 4) is 0 Å². The lowest BCUT2D eigenvalue weighted by molar-refractivity contribution is -0.385.